The lowest BCUT2D eigenvalue weighted by molar-refractivity contribution is -0.385. The second kappa shape index (κ2) is 4.62. The van der Waals surface area contributed by atoms with E-state index in [4.69, 9.17) is 0 Å². The lowest BCUT2D eigenvalue weighted by atomic mass is 10.0. The number of nitrogens with zero attached hydrogens (tertiary/aromatic N) is 3. The van der Waals surface area contributed by atoms with E-state index in [-0.39, 0.29) is 23.0 Å². The summed E-state index contributed by atoms with van der Waals surface area (Å²) in [4.78, 5) is 10.2. The molecule has 0 saturated carbocycles. The van der Waals surface area contributed by atoms with Crippen molar-refractivity contribution < 1.29 is 4.92 Å². The Labute approximate surface area is 105 Å². The molecule has 6 nitrogen and oxygen atoms in total. The Morgan fingerprint density at radius 2 is 2.06 bits per heavy atom. The summed E-state index contributed by atoms with van der Waals surface area (Å²) in [6, 6.07) is 1.48. The van der Waals surface area contributed by atoms with Crippen LogP contribution in [0.15, 0.2) is 12.4 Å². The first kappa shape index (κ1) is 12.3. The Morgan fingerprint density at radius 3 is 2.59 bits per heavy atom. The van der Waals surface area contributed by atoms with Crippen molar-refractivity contribution in [3.8, 4) is 0 Å². The Morgan fingerprint density at radius 1 is 1.41 bits per heavy atom. The van der Waals surface area contributed by atoms with Gasteiger partial charge in [-0.25, -0.2) is 0 Å². The summed E-state index contributed by atoms with van der Waals surface area (Å²) in [5.74, 6) is 0. The van der Waals surface area contributed by atoms with E-state index < -0.39 is 0 Å². The smallest absolute Gasteiger partial charge is 0.307 e. The molecule has 94 valence electrons. The highest BCUT2D eigenvalue weighted by atomic mass is 35.5. The van der Waals surface area contributed by atoms with Crippen LogP contribution < -0.4 is 5.32 Å². The Bertz CT molecular complexity index is 410. The average Bonchev–Trinajstić information content (AvgIpc) is 2.85. The van der Waals surface area contributed by atoms with Crippen LogP contribution >= 0.6 is 12.4 Å². The molecule has 2 fully saturated rings. The predicted molar refractivity (Wildman–Crippen MR) is 64.3 cm³/mol. The molecule has 3 rings (SSSR count). The molecule has 1 N–H and O–H groups in total. The molecule has 0 aliphatic carbocycles. The molecule has 2 aliphatic heterocycles. The molecule has 3 heterocycles. The number of fused-ring (bicyclic) bond motifs is 2. The molecule has 2 saturated heterocycles. The molecule has 0 radical (unpaired) electrons. The molecule has 2 atom stereocenters. The highest BCUT2D eigenvalue weighted by molar-refractivity contribution is 5.85. The fourth-order valence-electron chi connectivity index (χ4n) is 2.87. The zero-order valence-corrected chi connectivity index (χ0v) is 10.1. The zero-order chi connectivity index (χ0) is 11.1. The molecular weight excluding hydrogens is 244 g/mol. The quantitative estimate of drug-likeness (QED) is 0.647. The normalized spacial score (nSPS) is 30.9. The first-order chi connectivity index (χ1) is 7.72. The van der Waals surface area contributed by atoms with E-state index in [2.05, 4.69) is 10.4 Å². The number of hydrogen-bond donors (Lipinski definition) is 1. The van der Waals surface area contributed by atoms with Gasteiger partial charge in [0.15, 0.2) is 0 Å². The zero-order valence-electron chi connectivity index (χ0n) is 9.28. The van der Waals surface area contributed by atoms with Crippen LogP contribution in [0.4, 0.5) is 5.69 Å². The molecule has 0 aromatic carbocycles. The second-order valence-electron chi connectivity index (χ2n) is 4.70. The van der Waals surface area contributed by atoms with E-state index in [0.29, 0.717) is 18.1 Å². The molecule has 1 aromatic rings. The van der Waals surface area contributed by atoms with Crippen LogP contribution in [0.5, 0.6) is 0 Å². The van der Waals surface area contributed by atoms with Gasteiger partial charge in [0.1, 0.15) is 12.4 Å². The minimum absolute atomic E-state index is 0. The summed E-state index contributed by atoms with van der Waals surface area (Å²) in [6.07, 6.45) is 7.42. The Hall–Kier alpha value is -1.14. The largest absolute Gasteiger partial charge is 0.311 e. The highest BCUT2D eigenvalue weighted by Gasteiger charge is 2.34. The molecule has 0 amide bonds. The van der Waals surface area contributed by atoms with Crippen molar-refractivity contribution in [3.63, 3.8) is 0 Å². The maximum absolute atomic E-state index is 10.6. The van der Waals surface area contributed by atoms with E-state index in [0.717, 1.165) is 12.8 Å². The van der Waals surface area contributed by atoms with Crippen molar-refractivity contribution in [2.45, 2.75) is 43.8 Å². The van der Waals surface area contributed by atoms with Crippen LogP contribution in [0.3, 0.4) is 0 Å². The third-order valence-electron chi connectivity index (χ3n) is 3.62. The molecule has 7 heteroatoms. The number of halogens is 1. The summed E-state index contributed by atoms with van der Waals surface area (Å²) < 4.78 is 1.77. The molecule has 2 bridgehead atoms. The summed E-state index contributed by atoms with van der Waals surface area (Å²) in [5.41, 5.74) is 0.0888. The number of rotatable bonds is 2. The summed E-state index contributed by atoms with van der Waals surface area (Å²) in [5, 5.41) is 18.2. The minimum atomic E-state index is -0.390. The van der Waals surface area contributed by atoms with E-state index in [1.165, 1.54) is 19.0 Å². The number of aromatic nitrogens is 2. The molecule has 1 aromatic heterocycles. The Balaban J connectivity index is 0.00000108. The number of nitrogens with one attached hydrogen (secondary N) is 1. The van der Waals surface area contributed by atoms with Crippen molar-refractivity contribution >= 4 is 18.1 Å². The van der Waals surface area contributed by atoms with Crippen LogP contribution in [0, 0.1) is 10.1 Å². The molecule has 2 unspecified atom stereocenters. The third-order valence-corrected chi connectivity index (χ3v) is 3.62. The van der Waals surface area contributed by atoms with Gasteiger partial charge >= 0.3 is 5.69 Å². The van der Waals surface area contributed by atoms with Gasteiger partial charge < -0.3 is 5.32 Å². The fourth-order valence-corrected chi connectivity index (χ4v) is 2.87. The summed E-state index contributed by atoms with van der Waals surface area (Å²) in [6.45, 7) is 0. The van der Waals surface area contributed by atoms with Gasteiger partial charge in [-0.05, 0) is 25.7 Å². The van der Waals surface area contributed by atoms with E-state index in [1.54, 1.807) is 10.9 Å². The lowest BCUT2D eigenvalue weighted by Crippen LogP contribution is -2.38. The lowest BCUT2D eigenvalue weighted by Gasteiger charge is -2.28. The van der Waals surface area contributed by atoms with Crippen LogP contribution in [0.25, 0.3) is 0 Å². The summed E-state index contributed by atoms with van der Waals surface area (Å²) >= 11 is 0. The van der Waals surface area contributed by atoms with Crippen molar-refractivity contribution in [1.82, 2.24) is 15.1 Å². The van der Waals surface area contributed by atoms with Gasteiger partial charge in [0, 0.05) is 12.1 Å². The van der Waals surface area contributed by atoms with E-state index >= 15 is 0 Å². The van der Waals surface area contributed by atoms with E-state index in [9.17, 15) is 10.1 Å². The van der Waals surface area contributed by atoms with E-state index in [1.807, 2.05) is 0 Å². The van der Waals surface area contributed by atoms with Gasteiger partial charge in [-0.3, -0.25) is 14.8 Å². The first-order valence-electron chi connectivity index (χ1n) is 5.67. The topological polar surface area (TPSA) is 73.0 Å². The number of hydrogen-bond acceptors (Lipinski definition) is 4. The van der Waals surface area contributed by atoms with Crippen LogP contribution in [0.2, 0.25) is 0 Å². The van der Waals surface area contributed by atoms with Crippen molar-refractivity contribution in [2.24, 2.45) is 0 Å². The predicted octanol–water partition coefficient (Wildman–Crippen LogP) is 1.67. The average molecular weight is 259 g/mol. The van der Waals surface area contributed by atoms with Gasteiger partial charge in [0.2, 0.25) is 0 Å². The standard InChI is InChI=1S/C10H14N4O2.ClH/c15-14(16)10-5-11-13(6-10)9-3-7-1-2-8(4-9)12-7;/h5-9,12H,1-4H2;1H. The third kappa shape index (κ3) is 2.28. The molecule has 17 heavy (non-hydrogen) atoms. The highest BCUT2D eigenvalue weighted by Crippen LogP contribution is 2.33. The van der Waals surface area contributed by atoms with Gasteiger partial charge in [-0.2, -0.15) is 5.10 Å². The molecule has 2 aliphatic rings. The minimum Gasteiger partial charge on any atom is -0.311 e. The monoisotopic (exact) mass is 258 g/mol. The second-order valence-corrected chi connectivity index (χ2v) is 4.70. The fraction of sp³-hybridized carbons (Fsp3) is 0.700. The van der Waals surface area contributed by atoms with Crippen LogP contribution in [0.1, 0.15) is 31.7 Å². The van der Waals surface area contributed by atoms with Crippen molar-refractivity contribution in [2.75, 3.05) is 0 Å². The van der Waals surface area contributed by atoms with Gasteiger partial charge in [0.05, 0.1) is 11.0 Å². The molecular formula is C10H15ClN4O2. The SMILES string of the molecule is Cl.O=[N+]([O-])c1cnn(C2CC3CCC(C2)N3)c1. The number of piperidine rings is 1. The summed E-state index contributed by atoms with van der Waals surface area (Å²) in [7, 11) is 0. The molecule has 0 spiro atoms. The van der Waals surface area contributed by atoms with Crippen molar-refractivity contribution in [1.29, 1.82) is 0 Å². The maximum atomic E-state index is 10.6. The van der Waals surface area contributed by atoms with Crippen LogP contribution in [-0.2, 0) is 0 Å². The van der Waals surface area contributed by atoms with Gasteiger partial charge in [-0.15, -0.1) is 12.4 Å². The Kier molecular flexibility index (Phi) is 3.35. The van der Waals surface area contributed by atoms with Crippen LogP contribution in [-0.4, -0.2) is 26.8 Å². The maximum Gasteiger partial charge on any atom is 0.307 e. The van der Waals surface area contributed by atoms with Gasteiger partial charge in [-0.1, -0.05) is 0 Å². The van der Waals surface area contributed by atoms with Gasteiger partial charge in [0.25, 0.3) is 0 Å². The first-order valence-corrected chi connectivity index (χ1v) is 5.67. The number of nitro groups is 1. The van der Waals surface area contributed by atoms with Crippen molar-refractivity contribution in [3.05, 3.63) is 22.5 Å².